The van der Waals surface area contributed by atoms with Gasteiger partial charge in [0.25, 0.3) is 0 Å². The monoisotopic (exact) mass is 473 g/mol. The van der Waals surface area contributed by atoms with E-state index in [0.29, 0.717) is 5.00 Å². The van der Waals surface area contributed by atoms with E-state index >= 15 is 0 Å². The molecule has 0 saturated heterocycles. The summed E-state index contributed by atoms with van der Waals surface area (Å²) in [4.78, 5) is 3.47. The van der Waals surface area contributed by atoms with Crippen LogP contribution in [0.2, 0.25) is 0 Å². The maximum Gasteiger partial charge on any atom is 0.243 e. The predicted octanol–water partition coefficient (Wildman–Crippen LogP) is 10.3. The van der Waals surface area contributed by atoms with Crippen LogP contribution in [0.25, 0.3) is 14.2 Å². The third kappa shape index (κ3) is 6.54. The molecule has 2 heterocycles. The Bertz CT molecular complexity index is 1250. The molecule has 4 rings (SSSR count). The van der Waals surface area contributed by atoms with Crippen molar-refractivity contribution in [1.82, 2.24) is 0 Å². The van der Waals surface area contributed by atoms with Crippen LogP contribution in [0.1, 0.15) is 32.6 Å². The number of benzene rings is 2. The zero-order chi connectivity index (χ0) is 22.9. The normalized spacial score (nSPS) is 11.5. The van der Waals surface area contributed by atoms with Crippen molar-refractivity contribution in [3.8, 4) is 5.75 Å². The van der Waals surface area contributed by atoms with Gasteiger partial charge in [-0.1, -0.05) is 26.2 Å². The fourth-order valence-corrected chi connectivity index (χ4v) is 5.04. The summed E-state index contributed by atoms with van der Waals surface area (Å²) in [5.41, 5.74) is 2.26. The molecule has 2 aromatic carbocycles. The van der Waals surface area contributed by atoms with Crippen molar-refractivity contribution in [2.75, 3.05) is 6.61 Å². The Morgan fingerprint density at radius 1 is 0.758 bits per heavy atom. The summed E-state index contributed by atoms with van der Waals surface area (Å²) in [6.07, 6.45) is 4.78. The first-order chi connectivity index (χ1) is 16.2. The second kappa shape index (κ2) is 11.5. The highest BCUT2D eigenvalue weighted by Crippen LogP contribution is 2.41. The lowest BCUT2D eigenvalue weighted by molar-refractivity contribution is 0.305. The molecule has 0 N–H and O–H groups in total. The van der Waals surface area contributed by atoms with E-state index in [4.69, 9.17) is 11.3 Å². The molecule has 166 valence electrons. The molecule has 0 atom stereocenters. The molecule has 8 heteroatoms. The number of thiophene rings is 2. The molecule has 0 bridgehead atoms. The minimum absolute atomic E-state index is 0.701. The van der Waals surface area contributed by atoms with E-state index in [9.17, 15) is 0 Å². The molecule has 0 aliphatic carbocycles. The predicted molar refractivity (Wildman–Crippen MR) is 137 cm³/mol. The molecular weight excluding hydrogens is 450 g/mol. The number of rotatable bonds is 10. The Hall–Kier alpha value is -3.41. The van der Waals surface area contributed by atoms with Crippen LogP contribution in [-0.4, -0.2) is 6.61 Å². The Morgan fingerprint density at radius 2 is 1.36 bits per heavy atom. The Morgan fingerprint density at radius 3 is 1.97 bits per heavy atom. The minimum atomic E-state index is 0.701. The van der Waals surface area contributed by atoms with Crippen molar-refractivity contribution in [3.63, 3.8) is 0 Å². The van der Waals surface area contributed by atoms with E-state index in [1.807, 2.05) is 60.7 Å². The zero-order valence-corrected chi connectivity index (χ0v) is 19.9. The van der Waals surface area contributed by atoms with Crippen LogP contribution in [0.5, 0.6) is 5.75 Å². The zero-order valence-electron chi connectivity index (χ0n) is 18.3. The summed E-state index contributed by atoms with van der Waals surface area (Å²) in [5, 5.41) is 18.7. The number of nitrogens with zero attached hydrogens (tertiary/aromatic N) is 5. The van der Waals surface area contributed by atoms with Crippen molar-refractivity contribution < 1.29 is 4.74 Å². The number of hydrogen-bond acceptors (Lipinski definition) is 7. The third-order valence-electron chi connectivity index (χ3n) is 4.79. The lowest BCUT2D eigenvalue weighted by Crippen LogP contribution is -1.96. The highest BCUT2D eigenvalue weighted by Gasteiger charge is 2.06. The second-order valence-electron chi connectivity index (χ2n) is 7.33. The molecule has 0 radical (unpaired) electrons. The number of azo groups is 2. The van der Waals surface area contributed by atoms with Gasteiger partial charge >= 0.3 is 0 Å². The number of unbranched alkanes of at least 4 members (excludes halogenated alkanes) is 3. The van der Waals surface area contributed by atoms with Gasteiger partial charge in [-0.2, -0.15) is 21.6 Å². The van der Waals surface area contributed by atoms with Crippen LogP contribution in [0.4, 0.5) is 27.1 Å². The van der Waals surface area contributed by atoms with E-state index < -0.39 is 0 Å². The number of ether oxygens (including phenoxy) is 1. The van der Waals surface area contributed by atoms with Gasteiger partial charge in [0.2, 0.25) is 5.00 Å². The number of hydrogen-bond donors (Lipinski definition) is 0. The van der Waals surface area contributed by atoms with Crippen LogP contribution in [-0.2, 0) is 0 Å². The lowest BCUT2D eigenvalue weighted by Gasteiger charge is -2.05. The van der Waals surface area contributed by atoms with Crippen molar-refractivity contribution in [3.05, 3.63) is 72.1 Å². The molecule has 0 unspecified atom stereocenters. The van der Waals surface area contributed by atoms with Crippen molar-refractivity contribution in [2.24, 2.45) is 20.5 Å². The highest BCUT2D eigenvalue weighted by atomic mass is 32.1. The van der Waals surface area contributed by atoms with Gasteiger partial charge in [-0.15, -0.1) is 21.6 Å². The Balaban J connectivity index is 1.29. The molecular formula is C25H23N5OS2. The highest BCUT2D eigenvalue weighted by molar-refractivity contribution is 7.31. The quantitative estimate of drug-likeness (QED) is 0.128. The summed E-state index contributed by atoms with van der Waals surface area (Å²) in [6.45, 7) is 10.0. The first-order valence-corrected chi connectivity index (χ1v) is 12.4. The second-order valence-corrected chi connectivity index (χ2v) is 9.45. The molecule has 0 spiro atoms. The number of fused-ring (bicyclic) bond motifs is 1. The molecule has 0 aliphatic rings. The van der Waals surface area contributed by atoms with Gasteiger partial charge in [0.15, 0.2) is 0 Å². The Kier molecular flexibility index (Phi) is 7.90. The maximum absolute atomic E-state index is 7.08. The smallest absolute Gasteiger partial charge is 0.243 e. The molecule has 4 aromatic rings. The summed E-state index contributed by atoms with van der Waals surface area (Å²) in [6, 6.07) is 19.0. The molecule has 0 saturated carbocycles. The van der Waals surface area contributed by atoms with E-state index in [0.717, 1.165) is 50.2 Å². The molecule has 33 heavy (non-hydrogen) atoms. The van der Waals surface area contributed by atoms with Crippen molar-refractivity contribution in [2.45, 2.75) is 32.6 Å². The standard InChI is InChI=1S/C25H23N5OS2/c1-3-4-5-6-15-31-21-13-11-20(12-14-21)28-27-18-7-9-19(10-8-18)29-30-25-17-23-22(33-25)16-24(26-2)32-23/h7-14,16-17H,3-6,15H2,1H3. The van der Waals surface area contributed by atoms with Crippen molar-refractivity contribution in [1.29, 1.82) is 0 Å². The average molecular weight is 474 g/mol. The fourth-order valence-electron chi connectivity index (χ4n) is 3.05. The fraction of sp³-hybridized carbons (Fsp3) is 0.240. The Labute approximate surface area is 201 Å². The van der Waals surface area contributed by atoms with E-state index in [1.165, 1.54) is 41.9 Å². The van der Waals surface area contributed by atoms with Gasteiger partial charge in [-0.25, -0.2) is 4.85 Å². The van der Waals surface area contributed by atoms with Crippen molar-refractivity contribution >= 4 is 59.1 Å². The SMILES string of the molecule is [C-]#[N+]c1cc2sc(N=Nc3ccc(N=Nc4ccc(OCCCCCC)cc4)cc3)cc2s1. The van der Waals surface area contributed by atoms with Crippen LogP contribution < -0.4 is 4.74 Å². The molecule has 6 nitrogen and oxygen atoms in total. The largest absolute Gasteiger partial charge is 0.494 e. The van der Waals surface area contributed by atoms with Gasteiger partial charge in [-0.3, -0.25) is 0 Å². The summed E-state index contributed by atoms with van der Waals surface area (Å²) in [5.74, 6) is 0.859. The molecule has 2 aromatic heterocycles. The van der Waals surface area contributed by atoms with Gasteiger partial charge in [-0.05, 0) is 67.1 Å². The third-order valence-corrected chi connectivity index (χ3v) is 6.86. The van der Waals surface area contributed by atoms with E-state index in [2.05, 4.69) is 32.2 Å². The van der Waals surface area contributed by atoms with Gasteiger partial charge in [0.05, 0.1) is 30.2 Å². The summed E-state index contributed by atoms with van der Waals surface area (Å²) < 4.78 is 7.90. The van der Waals surface area contributed by atoms with Crippen LogP contribution >= 0.6 is 22.7 Å². The van der Waals surface area contributed by atoms with Gasteiger partial charge in [0, 0.05) is 9.40 Å². The molecule has 0 aliphatic heterocycles. The topological polar surface area (TPSA) is 63.0 Å². The summed E-state index contributed by atoms with van der Waals surface area (Å²) >= 11 is 3.01. The first kappa shape index (κ1) is 22.8. The molecule has 0 amide bonds. The van der Waals surface area contributed by atoms with Crippen LogP contribution in [0.15, 0.2) is 81.1 Å². The maximum atomic E-state index is 7.08. The average Bonchev–Trinajstić information content (AvgIpc) is 3.41. The van der Waals surface area contributed by atoms with E-state index in [-0.39, 0.29) is 0 Å². The summed E-state index contributed by atoms with van der Waals surface area (Å²) in [7, 11) is 0. The minimum Gasteiger partial charge on any atom is -0.494 e. The van der Waals surface area contributed by atoms with Gasteiger partial charge < -0.3 is 4.74 Å². The van der Waals surface area contributed by atoms with Crippen LogP contribution in [0.3, 0.4) is 0 Å². The molecule has 0 fully saturated rings. The lowest BCUT2D eigenvalue weighted by atomic mass is 10.2. The van der Waals surface area contributed by atoms with E-state index in [1.54, 1.807) is 0 Å². The van der Waals surface area contributed by atoms with Gasteiger partial charge in [0.1, 0.15) is 10.8 Å². The van der Waals surface area contributed by atoms with Crippen LogP contribution in [0, 0.1) is 6.57 Å². The first-order valence-electron chi connectivity index (χ1n) is 10.8.